The minimum atomic E-state index is -4.61. The number of nitrogens with one attached hydrogen (secondary N) is 1. The minimum absolute atomic E-state index is 0.0206. The highest BCUT2D eigenvalue weighted by Crippen LogP contribution is 2.40. The van der Waals surface area contributed by atoms with Crippen molar-refractivity contribution in [3.8, 4) is 12.1 Å². The van der Waals surface area contributed by atoms with Crippen LogP contribution in [0.2, 0.25) is 10.0 Å². The van der Waals surface area contributed by atoms with Gasteiger partial charge in [-0.05, 0) is 32.9 Å². The van der Waals surface area contributed by atoms with Crippen LogP contribution in [0.4, 0.5) is 24.7 Å². The smallest absolute Gasteiger partial charge is 0.337 e. The molecule has 1 N–H and O–H groups in total. The van der Waals surface area contributed by atoms with E-state index >= 15 is 0 Å². The molecule has 0 atom stereocenters. The number of anilines is 2. The number of halogens is 5. The van der Waals surface area contributed by atoms with Crippen LogP contribution in [0.15, 0.2) is 12.1 Å². The summed E-state index contributed by atoms with van der Waals surface area (Å²) in [5.74, 6) is 0.111. The lowest BCUT2D eigenvalue weighted by Crippen LogP contribution is -2.25. The Morgan fingerprint density at radius 1 is 1.08 bits per heavy atom. The zero-order valence-corrected chi connectivity index (χ0v) is 15.3. The molecule has 0 unspecified atom stereocenters. The summed E-state index contributed by atoms with van der Waals surface area (Å²) in [5.41, 5.74) is -1.83. The van der Waals surface area contributed by atoms with Crippen molar-refractivity contribution in [3.05, 3.63) is 39.0 Å². The Hall–Kier alpha value is -2.42. The number of benzene rings is 1. The van der Waals surface area contributed by atoms with Crippen molar-refractivity contribution < 1.29 is 13.2 Å². The molecule has 2 rings (SSSR count). The van der Waals surface area contributed by atoms with Gasteiger partial charge in [0.2, 0.25) is 0 Å². The quantitative estimate of drug-likeness (QED) is 0.725. The molecule has 0 spiro atoms. The summed E-state index contributed by atoms with van der Waals surface area (Å²) in [7, 11) is 0. The summed E-state index contributed by atoms with van der Waals surface area (Å²) in [6, 6.07) is 5.14. The van der Waals surface area contributed by atoms with E-state index in [0.717, 1.165) is 12.1 Å². The fraction of sp³-hybridized carbons (Fsp3) is 0.312. The van der Waals surface area contributed by atoms with Gasteiger partial charge in [-0.25, -0.2) is 4.68 Å². The van der Waals surface area contributed by atoms with E-state index in [9.17, 15) is 23.7 Å². The second-order valence-electron chi connectivity index (χ2n) is 6.32. The van der Waals surface area contributed by atoms with Gasteiger partial charge in [0.1, 0.15) is 23.5 Å². The predicted molar refractivity (Wildman–Crippen MR) is 91.4 cm³/mol. The minimum Gasteiger partial charge on any atom is -0.337 e. The SMILES string of the molecule is CC(C)(C)n1nc(C#N)c(C#N)c1Nc1c(Cl)cc(C(F)(F)F)cc1Cl. The monoisotopic (exact) mass is 401 g/mol. The van der Waals surface area contributed by atoms with Crippen LogP contribution in [-0.4, -0.2) is 9.78 Å². The Bertz CT molecular complexity index is 920. The number of nitriles is 2. The molecule has 0 radical (unpaired) electrons. The molecule has 1 aromatic heterocycles. The number of alkyl halides is 3. The molecule has 0 amide bonds. The first kappa shape index (κ1) is 19.9. The van der Waals surface area contributed by atoms with Gasteiger partial charge in [-0.2, -0.15) is 28.8 Å². The van der Waals surface area contributed by atoms with Crippen LogP contribution in [0.25, 0.3) is 0 Å². The Morgan fingerprint density at radius 3 is 2.00 bits per heavy atom. The number of nitrogens with zero attached hydrogens (tertiary/aromatic N) is 4. The topological polar surface area (TPSA) is 77.4 Å². The summed E-state index contributed by atoms with van der Waals surface area (Å²) in [6.45, 7) is 5.34. The third-order valence-corrected chi connectivity index (χ3v) is 3.95. The maximum atomic E-state index is 12.9. The largest absolute Gasteiger partial charge is 0.416 e. The van der Waals surface area contributed by atoms with E-state index in [1.54, 1.807) is 20.8 Å². The highest BCUT2D eigenvalue weighted by atomic mass is 35.5. The average molecular weight is 402 g/mol. The maximum Gasteiger partial charge on any atom is 0.416 e. The normalized spacial score (nSPS) is 11.8. The first-order chi connectivity index (χ1) is 11.9. The lowest BCUT2D eigenvalue weighted by Gasteiger charge is -2.23. The second kappa shape index (κ2) is 6.71. The third-order valence-electron chi connectivity index (χ3n) is 3.35. The molecular formula is C16H12Cl2F3N5. The van der Waals surface area contributed by atoms with Crippen LogP contribution >= 0.6 is 23.2 Å². The van der Waals surface area contributed by atoms with Crippen molar-refractivity contribution in [3.63, 3.8) is 0 Å². The Morgan fingerprint density at radius 2 is 1.62 bits per heavy atom. The van der Waals surface area contributed by atoms with Gasteiger partial charge in [0, 0.05) is 0 Å². The number of rotatable bonds is 2. The molecule has 1 heterocycles. The van der Waals surface area contributed by atoms with Crippen molar-refractivity contribution in [2.24, 2.45) is 0 Å². The van der Waals surface area contributed by atoms with Crippen molar-refractivity contribution in [1.82, 2.24) is 9.78 Å². The van der Waals surface area contributed by atoms with Crippen molar-refractivity contribution in [1.29, 1.82) is 10.5 Å². The van der Waals surface area contributed by atoms with Gasteiger partial charge in [0.25, 0.3) is 0 Å². The van der Waals surface area contributed by atoms with E-state index in [1.165, 1.54) is 4.68 Å². The van der Waals surface area contributed by atoms with Crippen LogP contribution in [0.5, 0.6) is 0 Å². The molecule has 0 saturated heterocycles. The molecular weight excluding hydrogens is 390 g/mol. The summed E-state index contributed by atoms with van der Waals surface area (Å²) in [6.07, 6.45) is -4.61. The van der Waals surface area contributed by atoms with Gasteiger partial charge in [-0.3, -0.25) is 0 Å². The lowest BCUT2D eigenvalue weighted by molar-refractivity contribution is -0.137. The summed E-state index contributed by atoms with van der Waals surface area (Å²) < 4.78 is 40.0. The van der Waals surface area contributed by atoms with Gasteiger partial charge >= 0.3 is 6.18 Å². The number of hydrogen-bond acceptors (Lipinski definition) is 4. The highest BCUT2D eigenvalue weighted by Gasteiger charge is 2.33. The zero-order valence-electron chi connectivity index (χ0n) is 13.8. The number of hydrogen-bond donors (Lipinski definition) is 1. The van der Waals surface area contributed by atoms with Gasteiger partial charge in [-0.15, -0.1) is 0 Å². The Balaban J connectivity index is 2.65. The Labute approximate surface area is 157 Å². The molecule has 0 aliphatic carbocycles. The molecule has 136 valence electrons. The van der Waals surface area contributed by atoms with Gasteiger partial charge < -0.3 is 5.32 Å². The zero-order chi connectivity index (χ0) is 19.9. The molecule has 10 heteroatoms. The van der Waals surface area contributed by atoms with Crippen LogP contribution in [0, 0.1) is 22.7 Å². The molecule has 2 aromatic rings. The molecule has 0 bridgehead atoms. The molecule has 0 fully saturated rings. The predicted octanol–water partition coefficient (Wildman–Crippen LogP) is 5.45. The fourth-order valence-corrected chi connectivity index (χ4v) is 2.76. The highest BCUT2D eigenvalue weighted by molar-refractivity contribution is 6.39. The third kappa shape index (κ3) is 3.72. The van der Waals surface area contributed by atoms with E-state index in [0.29, 0.717) is 0 Å². The molecule has 5 nitrogen and oxygen atoms in total. The van der Waals surface area contributed by atoms with Crippen LogP contribution in [0.1, 0.15) is 37.6 Å². The average Bonchev–Trinajstić information content (AvgIpc) is 2.87. The lowest BCUT2D eigenvalue weighted by atomic mass is 10.1. The number of aromatic nitrogens is 2. The van der Waals surface area contributed by atoms with E-state index in [-0.39, 0.29) is 32.8 Å². The molecule has 26 heavy (non-hydrogen) atoms. The second-order valence-corrected chi connectivity index (χ2v) is 7.13. The van der Waals surface area contributed by atoms with Gasteiger partial charge in [0.15, 0.2) is 5.69 Å². The Kier molecular flexibility index (Phi) is 5.14. The maximum absolute atomic E-state index is 12.9. The molecule has 0 aliphatic rings. The molecule has 0 aliphatic heterocycles. The first-order valence-electron chi connectivity index (χ1n) is 7.17. The van der Waals surface area contributed by atoms with Crippen LogP contribution in [0.3, 0.4) is 0 Å². The van der Waals surface area contributed by atoms with Crippen LogP contribution in [-0.2, 0) is 11.7 Å². The fourth-order valence-electron chi connectivity index (χ4n) is 2.18. The van der Waals surface area contributed by atoms with Crippen molar-refractivity contribution in [2.45, 2.75) is 32.5 Å². The van der Waals surface area contributed by atoms with Crippen molar-refractivity contribution in [2.75, 3.05) is 5.32 Å². The standard InChI is InChI=1S/C16H12Cl2F3N5/c1-15(2,3)26-14(9(6-22)12(7-23)25-26)24-13-10(17)4-8(5-11(13)18)16(19,20)21/h4-5,24H,1-3H3. The van der Waals surface area contributed by atoms with E-state index < -0.39 is 17.3 Å². The molecule has 1 aromatic carbocycles. The van der Waals surface area contributed by atoms with E-state index in [2.05, 4.69) is 10.4 Å². The summed E-state index contributed by atoms with van der Waals surface area (Å²) >= 11 is 11.9. The summed E-state index contributed by atoms with van der Waals surface area (Å²) in [5, 5.41) is 24.8. The van der Waals surface area contributed by atoms with Crippen molar-refractivity contribution >= 4 is 34.7 Å². The first-order valence-corrected chi connectivity index (χ1v) is 7.92. The molecule has 0 saturated carbocycles. The van der Waals surface area contributed by atoms with Crippen LogP contribution < -0.4 is 5.32 Å². The summed E-state index contributed by atoms with van der Waals surface area (Å²) in [4.78, 5) is 0. The van der Waals surface area contributed by atoms with E-state index in [4.69, 9.17) is 23.2 Å². The van der Waals surface area contributed by atoms with Gasteiger partial charge in [-0.1, -0.05) is 23.2 Å². The van der Waals surface area contributed by atoms with E-state index in [1.807, 2.05) is 12.1 Å². The van der Waals surface area contributed by atoms with Gasteiger partial charge in [0.05, 0.1) is 26.8 Å².